The van der Waals surface area contributed by atoms with Crippen molar-refractivity contribution in [2.24, 2.45) is 7.05 Å². The summed E-state index contributed by atoms with van der Waals surface area (Å²) in [6.45, 7) is 0. The summed E-state index contributed by atoms with van der Waals surface area (Å²) in [5, 5.41) is 11.9. The SMILES string of the molecule is Cn1c(=O)cc(-c2cccc(Cl)c2)c2nc(C(O)c3ccc(Cl)cc3)ccc21. The molecule has 2 aromatic heterocycles. The minimum Gasteiger partial charge on any atom is -0.382 e. The number of rotatable bonds is 3. The molecule has 0 aliphatic rings. The van der Waals surface area contributed by atoms with Crippen LogP contribution in [-0.4, -0.2) is 14.7 Å². The van der Waals surface area contributed by atoms with Gasteiger partial charge in [0.1, 0.15) is 6.10 Å². The van der Waals surface area contributed by atoms with E-state index in [2.05, 4.69) is 0 Å². The Kier molecular flexibility index (Phi) is 4.94. The first kappa shape index (κ1) is 18.7. The van der Waals surface area contributed by atoms with Gasteiger partial charge in [-0.15, -0.1) is 0 Å². The number of aliphatic hydroxyl groups excluding tert-OH is 1. The van der Waals surface area contributed by atoms with Crippen LogP contribution in [0.1, 0.15) is 17.4 Å². The van der Waals surface area contributed by atoms with Gasteiger partial charge in [-0.05, 0) is 47.5 Å². The monoisotopic (exact) mass is 410 g/mol. The van der Waals surface area contributed by atoms with Crippen molar-refractivity contribution >= 4 is 34.2 Å². The quantitative estimate of drug-likeness (QED) is 0.517. The molecule has 0 bridgehead atoms. The Bertz CT molecular complexity index is 1230. The highest BCUT2D eigenvalue weighted by Gasteiger charge is 2.16. The summed E-state index contributed by atoms with van der Waals surface area (Å²) in [5.41, 5.74) is 3.79. The first-order valence-corrected chi connectivity index (χ1v) is 9.40. The van der Waals surface area contributed by atoms with Crippen LogP contribution in [0.25, 0.3) is 22.2 Å². The highest BCUT2D eigenvalue weighted by molar-refractivity contribution is 6.31. The van der Waals surface area contributed by atoms with Gasteiger partial charge < -0.3 is 9.67 Å². The van der Waals surface area contributed by atoms with E-state index in [1.807, 2.05) is 12.1 Å². The minimum atomic E-state index is -0.911. The van der Waals surface area contributed by atoms with E-state index in [-0.39, 0.29) is 5.56 Å². The molecular weight excluding hydrogens is 395 g/mol. The molecule has 0 spiro atoms. The van der Waals surface area contributed by atoms with Crippen LogP contribution >= 0.6 is 23.2 Å². The fourth-order valence-electron chi connectivity index (χ4n) is 3.19. The normalized spacial score (nSPS) is 12.3. The van der Waals surface area contributed by atoms with Crippen molar-refractivity contribution in [2.75, 3.05) is 0 Å². The molecule has 0 aliphatic carbocycles. The Hall–Kier alpha value is -2.66. The number of aryl methyl sites for hydroxylation is 1. The maximum absolute atomic E-state index is 12.4. The Balaban J connectivity index is 1.92. The molecule has 140 valence electrons. The molecule has 4 rings (SSSR count). The molecule has 0 saturated carbocycles. The molecule has 28 heavy (non-hydrogen) atoms. The lowest BCUT2D eigenvalue weighted by atomic mass is 10.0. The number of hydrogen-bond acceptors (Lipinski definition) is 3. The van der Waals surface area contributed by atoms with Crippen molar-refractivity contribution < 1.29 is 5.11 Å². The zero-order chi connectivity index (χ0) is 19.8. The van der Waals surface area contributed by atoms with Crippen molar-refractivity contribution in [3.05, 3.63) is 98.4 Å². The van der Waals surface area contributed by atoms with Crippen molar-refractivity contribution in [2.45, 2.75) is 6.10 Å². The van der Waals surface area contributed by atoms with E-state index in [9.17, 15) is 9.90 Å². The summed E-state index contributed by atoms with van der Waals surface area (Å²) < 4.78 is 1.54. The number of halogens is 2. The second-order valence-corrected chi connectivity index (χ2v) is 7.40. The predicted octanol–water partition coefficient (Wildman–Crippen LogP) is 4.99. The van der Waals surface area contributed by atoms with E-state index < -0.39 is 6.10 Å². The Morgan fingerprint density at radius 3 is 2.43 bits per heavy atom. The van der Waals surface area contributed by atoms with Crippen LogP contribution in [0.2, 0.25) is 10.0 Å². The molecule has 2 aromatic carbocycles. The van der Waals surface area contributed by atoms with Crippen molar-refractivity contribution in [3.63, 3.8) is 0 Å². The molecule has 1 N–H and O–H groups in total. The molecule has 1 unspecified atom stereocenters. The maximum atomic E-state index is 12.4. The highest BCUT2D eigenvalue weighted by atomic mass is 35.5. The zero-order valence-electron chi connectivity index (χ0n) is 14.9. The first-order valence-electron chi connectivity index (χ1n) is 8.64. The molecule has 0 saturated heterocycles. The number of nitrogens with zero attached hydrogens (tertiary/aromatic N) is 2. The molecule has 1 atom stereocenters. The second kappa shape index (κ2) is 7.40. The van der Waals surface area contributed by atoms with Gasteiger partial charge in [0.05, 0.1) is 16.7 Å². The van der Waals surface area contributed by atoms with Crippen molar-refractivity contribution in [3.8, 4) is 11.1 Å². The number of hydrogen-bond donors (Lipinski definition) is 1. The van der Waals surface area contributed by atoms with Crippen LogP contribution in [0.4, 0.5) is 0 Å². The van der Waals surface area contributed by atoms with Crippen LogP contribution in [0.3, 0.4) is 0 Å². The van der Waals surface area contributed by atoms with E-state index in [1.165, 1.54) is 4.57 Å². The molecular formula is C22H16Cl2N2O2. The van der Waals surface area contributed by atoms with E-state index in [0.717, 1.165) is 5.56 Å². The number of aromatic nitrogens is 2. The predicted molar refractivity (Wildman–Crippen MR) is 113 cm³/mol. The summed E-state index contributed by atoms with van der Waals surface area (Å²) >= 11 is 12.1. The second-order valence-electron chi connectivity index (χ2n) is 6.52. The molecule has 0 aliphatic heterocycles. The smallest absolute Gasteiger partial charge is 0.251 e. The highest BCUT2D eigenvalue weighted by Crippen LogP contribution is 2.30. The molecule has 4 aromatic rings. The molecule has 4 nitrogen and oxygen atoms in total. The van der Waals surface area contributed by atoms with Gasteiger partial charge in [-0.3, -0.25) is 4.79 Å². The van der Waals surface area contributed by atoms with Gasteiger partial charge in [0.25, 0.3) is 5.56 Å². The minimum absolute atomic E-state index is 0.143. The van der Waals surface area contributed by atoms with E-state index in [4.69, 9.17) is 28.2 Å². The average Bonchev–Trinajstić information content (AvgIpc) is 2.70. The third-order valence-electron chi connectivity index (χ3n) is 4.71. The zero-order valence-corrected chi connectivity index (χ0v) is 16.4. The Morgan fingerprint density at radius 1 is 0.964 bits per heavy atom. The van der Waals surface area contributed by atoms with Gasteiger partial charge in [-0.25, -0.2) is 4.98 Å². The van der Waals surface area contributed by atoms with E-state index >= 15 is 0 Å². The lowest BCUT2D eigenvalue weighted by Gasteiger charge is -2.15. The first-order chi connectivity index (χ1) is 13.4. The van der Waals surface area contributed by atoms with Crippen molar-refractivity contribution in [1.82, 2.24) is 9.55 Å². The third kappa shape index (κ3) is 3.42. The van der Waals surface area contributed by atoms with Gasteiger partial charge in [0.2, 0.25) is 0 Å². The summed E-state index contributed by atoms with van der Waals surface area (Å²) in [6, 6.07) is 19.3. The molecule has 0 radical (unpaired) electrons. The summed E-state index contributed by atoms with van der Waals surface area (Å²) in [5.74, 6) is 0. The summed E-state index contributed by atoms with van der Waals surface area (Å²) in [6.07, 6.45) is -0.911. The summed E-state index contributed by atoms with van der Waals surface area (Å²) in [7, 11) is 1.70. The fourth-order valence-corrected chi connectivity index (χ4v) is 3.50. The third-order valence-corrected chi connectivity index (χ3v) is 5.20. The van der Waals surface area contributed by atoms with Gasteiger partial charge >= 0.3 is 0 Å². The van der Waals surface area contributed by atoms with E-state index in [0.29, 0.717) is 37.9 Å². The van der Waals surface area contributed by atoms with Crippen molar-refractivity contribution in [1.29, 1.82) is 0 Å². The van der Waals surface area contributed by atoms with Gasteiger partial charge in [-0.1, -0.05) is 47.5 Å². The lowest BCUT2D eigenvalue weighted by molar-refractivity contribution is 0.216. The van der Waals surface area contributed by atoms with Gasteiger partial charge in [-0.2, -0.15) is 0 Å². The lowest BCUT2D eigenvalue weighted by Crippen LogP contribution is -2.17. The van der Waals surface area contributed by atoms with Crippen LogP contribution in [0, 0.1) is 0 Å². The molecule has 6 heteroatoms. The van der Waals surface area contributed by atoms with Crippen LogP contribution in [-0.2, 0) is 7.05 Å². The molecule has 0 amide bonds. The Labute approximate surface area is 171 Å². The Morgan fingerprint density at radius 2 is 1.71 bits per heavy atom. The average molecular weight is 411 g/mol. The number of aliphatic hydroxyl groups is 1. The number of pyridine rings is 2. The maximum Gasteiger partial charge on any atom is 0.251 e. The van der Waals surface area contributed by atoms with Gasteiger partial charge in [0.15, 0.2) is 0 Å². The van der Waals surface area contributed by atoms with E-state index in [1.54, 1.807) is 61.6 Å². The summed E-state index contributed by atoms with van der Waals surface area (Å²) in [4.78, 5) is 17.1. The largest absolute Gasteiger partial charge is 0.382 e. The van der Waals surface area contributed by atoms with Crippen LogP contribution in [0.5, 0.6) is 0 Å². The number of fused-ring (bicyclic) bond motifs is 1. The molecule has 2 heterocycles. The van der Waals surface area contributed by atoms with Crippen LogP contribution in [0.15, 0.2) is 71.5 Å². The standard InChI is InChI=1S/C22H16Cl2N2O2/c1-26-19-10-9-18(22(28)13-5-7-15(23)8-6-13)25-21(19)17(12-20(26)27)14-3-2-4-16(24)11-14/h2-12,22,28H,1H3. The molecule has 0 fully saturated rings. The number of benzene rings is 2. The van der Waals surface area contributed by atoms with Crippen LogP contribution < -0.4 is 5.56 Å². The fraction of sp³-hybridized carbons (Fsp3) is 0.0909. The topological polar surface area (TPSA) is 55.1 Å². The van der Waals surface area contributed by atoms with Gasteiger partial charge in [0, 0.05) is 28.7 Å².